The predicted molar refractivity (Wildman–Crippen MR) is 92.7 cm³/mol. The van der Waals surface area contributed by atoms with Gasteiger partial charge in [0.05, 0.1) is 12.2 Å². The lowest BCUT2D eigenvalue weighted by Crippen LogP contribution is -2.72. The molecule has 0 amide bonds. The van der Waals surface area contributed by atoms with E-state index in [-0.39, 0.29) is 11.5 Å². The third-order valence-corrected chi connectivity index (χ3v) is 6.26. The number of guanidine groups is 1. The second-order valence-electron chi connectivity index (χ2n) is 8.50. The standard InChI is InChI=1S/C18H33N3O2/c1-17(2,3)13(22-5)11-20-16(19-4)21-14-12-7-10-23-15(12)18(14)8-6-9-18/h12-15H,6-11H2,1-5H3,(H2,19,20,21). The summed E-state index contributed by atoms with van der Waals surface area (Å²) in [6.45, 7) is 8.30. The van der Waals surface area contributed by atoms with Crippen LogP contribution in [0.2, 0.25) is 0 Å². The van der Waals surface area contributed by atoms with Gasteiger partial charge in [-0.05, 0) is 24.7 Å². The third kappa shape index (κ3) is 2.86. The normalized spacial score (nSPS) is 33.6. The molecule has 4 atom stereocenters. The monoisotopic (exact) mass is 323 g/mol. The second kappa shape index (κ2) is 6.25. The zero-order chi connectivity index (χ0) is 16.7. The number of hydrogen-bond acceptors (Lipinski definition) is 3. The molecule has 3 rings (SSSR count). The van der Waals surface area contributed by atoms with Crippen molar-refractivity contribution in [2.75, 3.05) is 27.3 Å². The summed E-state index contributed by atoms with van der Waals surface area (Å²) in [4.78, 5) is 4.43. The summed E-state index contributed by atoms with van der Waals surface area (Å²) < 4.78 is 11.6. The van der Waals surface area contributed by atoms with Gasteiger partial charge in [-0.15, -0.1) is 0 Å². The molecule has 2 saturated carbocycles. The topological polar surface area (TPSA) is 54.9 Å². The highest BCUT2D eigenvalue weighted by Gasteiger charge is 2.66. The molecule has 3 fully saturated rings. The Labute approximate surface area is 140 Å². The Bertz CT molecular complexity index is 454. The zero-order valence-electron chi connectivity index (χ0n) is 15.3. The molecular weight excluding hydrogens is 290 g/mol. The highest BCUT2D eigenvalue weighted by atomic mass is 16.5. The first-order valence-electron chi connectivity index (χ1n) is 9.04. The van der Waals surface area contributed by atoms with E-state index in [2.05, 4.69) is 36.4 Å². The van der Waals surface area contributed by atoms with E-state index in [0.717, 1.165) is 19.1 Å². The summed E-state index contributed by atoms with van der Waals surface area (Å²) in [6, 6.07) is 0.519. The largest absolute Gasteiger partial charge is 0.379 e. The van der Waals surface area contributed by atoms with Crippen molar-refractivity contribution in [2.24, 2.45) is 21.7 Å². The molecular formula is C18H33N3O2. The summed E-state index contributed by atoms with van der Waals surface area (Å²) in [7, 11) is 3.63. The molecule has 1 heterocycles. The molecule has 3 aliphatic rings. The van der Waals surface area contributed by atoms with Gasteiger partial charge in [-0.2, -0.15) is 0 Å². The first-order valence-corrected chi connectivity index (χ1v) is 9.04. The predicted octanol–water partition coefficient (Wildman–Crippen LogP) is 2.17. The quantitative estimate of drug-likeness (QED) is 0.615. The maximum atomic E-state index is 6.00. The molecule has 1 aliphatic heterocycles. The van der Waals surface area contributed by atoms with E-state index in [1.54, 1.807) is 7.11 Å². The van der Waals surface area contributed by atoms with E-state index >= 15 is 0 Å². The SMILES string of the molecule is CN=C(NCC(OC)C(C)(C)C)NC1C2CCOC2C12CCC2. The van der Waals surface area contributed by atoms with Gasteiger partial charge >= 0.3 is 0 Å². The van der Waals surface area contributed by atoms with Gasteiger partial charge in [-0.1, -0.05) is 27.2 Å². The lowest BCUT2D eigenvalue weighted by molar-refractivity contribution is -0.171. The number of methoxy groups -OCH3 is 1. The number of ether oxygens (including phenoxy) is 2. The van der Waals surface area contributed by atoms with Crippen LogP contribution >= 0.6 is 0 Å². The van der Waals surface area contributed by atoms with Gasteiger partial charge in [0.15, 0.2) is 5.96 Å². The summed E-state index contributed by atoms with van der Waals surface area (Å²) in [5, 5.41) is 7.17. The maximum Gasteiger partial charge on any atom is 0.191 e. The Morgan fingerprint density at radius 3 is 2.65 bits per heavy atom. The molecule has 23 heavy (non-hydrogen) atoms. The average molecular weight is 323 g/mol. The van der Waals surface area contributed by atoms with E-state index in [1.165, 1.54) is 25.7 Å². The number of hydrogen-bond donors (Lipinski definition) is 2. The molecule has 4 unspecified atom stereocenters. The molecule has 0 aromatic carbocycles. The minimum absolute atomic E-state index is 0.108. The first kappa shape index (κ1) is 17.0. The number of nitrogens with zero attached hydrogens (tertiary/aromatic N) is 1. The molecule has 0 bridgehead atoms. The Morgan fingerprint density at radius 1 is 1.39 bits per heavy atom. The van der Waals surface area contributed by atoms with Crippen LogP contribution in [0.3, 0.4) is 0 Å². The molecule has 5 nitrogen and oxygen atoms in total. The fourth-order valence-corrected chi connectivity index (χ4v) is 4.73. The van der Waals surface area contributed by atoms with Crippen molar-refractivity contribution in [3.8, 4) is 0 Å². The van der Waals surface area contributed by atoms with Crippen molar-refractivity contribution in [3.05, 3.63) is 0 Å². The van der Waals surface area contributed by atoms with Crippen LogP contribution in [-0.4, -0.2) is 51.5 Å². The van der Waals surface area contributed by atoms with Gasteiger partial charge in [0.1, 0.15) is 0 Å². The zero-order valence-corrected chi connectivity index (χ0v) is 15.3. The van der Waals surface area contributed by atoms with E-state index in [9.17, 15) is 0 Å². The first-order chi connectivity index (χ1) is 10.9. The van der Waals surface area contributed by atoms with Crippen LogP contribution < -0.4 is 10.6 Å². The van der Waals surface area contributed by atoms with Gasteiger partial charge in [0.2, 0.25) is 0 Å². The molecule has 0 radical (unpaired) electrons. The second-order valence-corrected chi connectivity index (χ2v) is 8.50. The van der Waals surface area contributed by atoms with Crippen molar-refractivity contribution in [1.82, 2.24) is 10.6 Å². The molecule has 5 heteroatoms. The Hall–Kier alpha value is -0.810. The number of rotatable bonds is 4. The molecule has 2 N–H and O–H groups in total. The van der Waals surface area contributed by atoms with Crippen LogP contribution in [0, 0.1) is 16.7 Å². The van der Waals surface area contributed by atoms with Crippen LogP contribution in [0.15, 0.2) is 4.99 Å². The smallest absolute Gasteiger partial charge is 0.191 e. The Kier molecular flexibility index (Phi) is 4.62. The Balaban J connectivity index is 1.58. The lowest BCUT2D eigenvalue weighted by atomic mass is 9.46. The van der Waals surface area contributed by atoms with Crippen molar-refractivity contribution in [1.29, 1.82) is 0 Å². The van der Waals surface area contributed by atoms with E-state index in [0.29, 0.717) is 23.5 Å². The number of aliphatic imine (C=N–C) groups is 1. The van der Waals surface area contributed by atoms with Gasteiger partial charge < -0.3 is 20.1 Å². The maximum absolute atomic E-state index is 6.00. The highest BCUT2D eigenvalue weighted by molar-refractivity contribution is 5.80. The van der Waals surface area contributed by atoms with Crippen LogP contribution in [-0.2, 0) is 9.47 Å². The van der Waals surface area contributed by atoms with Crippen molar-refractivity contribution >= 4 is 5.96 Å². The van der Waals surface area contributed by atoms with Crippen molar-refractivity contribution in [3.63, 3.8) is 0 Å². The molecule has 0 aromatic heterocycles. The molecule has 132 valence electrons. The van der Waals surface area contributed by atoms with E-state index in [4.69, 9.17) is 9.47 Å². The van der Waals surface area contributed by atoms with Gasteiger partial charge in [0.25, 0.3) is 0 Å². The highest BCUT2D eigenvalue weighted by Crippen LogP contribution is 2.62. The summed E-state index contributed by atoms with van der Waals surface area (Å²) in [5.41, 5.74) is 0.486. The van der Waals surface area contributed by atoms with Gasteiger partial charge in [-0.25, -0.2) is 0 Å². The molecule has 1 spiro atoms. The fraction of sp³-hybridized carbons (Fsp3) is 0.944. The van der Waals surface area contributed by atoms with Gasteiger partial charge in [0, 0.05) is 44.7 Å². The van der Waals surface area contributed by atoms with Gasteiger partial charge in [-0.3, -0.25) is 4.99 Å². The third-order valence-electron chi connectivity index (χ3n) is 6.26. The molecule has 0 aromatic rings. The number of fused-ring (bicyclic) bond motifs is 2. The Morgan fingerprint density at radius 2 is 2.13 bits per heavy atom. The van der Waals surface area contributed by atoms with Crippen LogP contribution in [0.25, 0.3) is 0 Å². The molecule has 2 aliphatic carbocycles. The van der Waals surface area contributed by atoms with Crippen molar-refractivity contribution < 1.29 is 9.47 Å². The summed E-state index contributed by atoms with van der Waals surface area (Å²) in [6.07, 6.45) is 5.77. The summed E-state index contributed by atoms with van der Waals surface area (Å²) in [5.74, 6) is 1.56. The van der Waals surface area contributed by atoms with Crippen LogP contribution in [0.1, 0.15) is 46.5 Å². The minimum Gasteiger partial charge on any atom is -0.379 e. The van der Waals surface area contributed by atoms with E-state index in [1.807, 2.05) is 7.05 Å². The summed E-state index contributed by atoms with van der Waals surface area (Å²) >= 11 is 0. The van der Waals surface area contributed by atoms with Crippen molar-refractivity contribution in [2.45, 2.75) is 64.7 Å². The number of nitrogens with one attached hydrogen (secondary N) is 2. The van der Waals surface area contributed by atoms with Crippen LogP contribution in [0.4, 0.5) is 0 Å². The fourth-order valence-electron chi connectivity index (χ4n) is 4.73. The minimum atomic E-state index is 0.108. The molecule has 1 saturated heterocycles. The lowest BCUT2D eigenvalue weighted by Gasteiger charge is -2.63. The van der Waals surface area contributed by atoms with Crippen LogP contribution in [0.5, 0.6) is 0 Å². The van der Waals surface area contributed by atoms with E-state index < -0.39 is 0 Å². The average Bonchev–Trinajstić information content (AvgIpc) is 2.85.